The molecule has 8 aromatic rings. The molecular weight excluding hydrogens is 556 g/mol. The van der Waals surface area contributed by atoms with Crippen LogP contribution in [0.1, 0.15) is 12.0 Å². The largest absolute Gasteiger partial charge is 0.334 e. The number of nitrogens with zero attached hydrogens (tertiary/aromatic N) is 2. The minimum absolute atomic E-state index is 0.141. The van der Waals surface area contributed by atoms with Crippen molar-refractivity contribution >= 4 is 60.3 Å². The van der Waals surface area contributed by atoms with Crippen molar-refractivity contribution in [3.63, 3.8) is 0 Å². The molecule has 1 aliphatic rings. The third-order valence-corrected chi connectivity index (χ3v) is 9.45. The molecule has 0 bridgehead atoms. The lowest BCUT2D eigenvalue weighted by molar-refractivity contribution is 0.790. The van der Waals surface area contributed by atoms with Crippen LogP contribution in [0.3, 0.4) is 0 Å². The summed E-state index contributed by atoms with van der Waals surface area (Å²) in [6.07, 6.45) is 8.09. The maximum absolute atomic E-state index is 2.52. The molecule has 0 spiro atoms. The van der Waals surface area contributed by atoms with E-state index in [1.165, 1.54) is 71.5 Å². The van der Waals surface area contributed by atoms with Crippen molar-refractivity contribution in [2.45, 2.75) is 12.5 Å². The quantitative estimate of drug-likeness (QED) is 0.194. The summed E-state index contributed by atoms with van der Waals surface area (Å²) in [5.74, 6) is 0. The van der Waals surface area contributed by atoms with Crippen LogP contribution < -0.4 is 4.90 Å². The molecule has 0 N–H and O–H groups in total. The van der Waals surface area contributed by atoms with Crippen molar-refractivity contribution in [2.75, 3.05) is 4.90 Å². The number of allylic oxidation sites excluding steroid dienone is 2. The van der Waals surface area contributed by atoms with E-state index < -0.39 is 0 Å². The van der Waals surface area contributed by atoms with Gasteiger partial charge in [0, 0.05) is 33.2 Å². The summed E-state index contributed by atoms with van der Waals surface area (Å²) in [5, 5.41) is 7.66. The molecule has 0 radical (unpaired) electrons. The topological polar surface area (TPSA) is 8.17 Å². The second-order valence-corrected chi connectivity index (χ2v) is 12.1. The van der Waals surface area contributed by atoms with Crippen LogP contribution in [0.25, 0.3) is 54.6 Å². The van der Waals surface area contributed by atoms with E-state index in [4.69, 9.17) is 0 Å². The number of anilines is 2. The molecule has 46 heavy (non-hydrogen) atoms. The van der Waals surface area contributed by atoms with Crippen molar-refractivity contribution < 1.29 is 0 Å². The lowest BCUT2D eigenvalue weighted by atomic mass is 9.91. The van der Waals surface area contributed by atoms with Gasteiger partial charge in [0.1, 0.15) is 0 Å². The molecule has 7 aromatic carbocycles. The minimum Gasteiger partial charge on any atom is -0.334 e. The summed E-state index contributed by atoms with van der Waals surface area (Å²) >= 11 is 0. The zero-order valence-corrected chi connectivity index (χ0v) is 25.4. The van der Waals surface area contributed by atoms with Crippen LogP contribution in [0, 0.1) is 0 Å². The van der Waals surface area contributed by atoms with E-state index in [0.717, 1.165) is 6.42 Å². The Kier molecular flexibility index (Phi) is 6.31. The lowest BCUT2D eigenvalue weighted by Gasteiger charge is -2.34. The van der Waals surface area contributed by atoms with Gasteiger partial charge in [-0.05, 0) is 76.2 Å². The Morgan fingerprint density at radius 3 is 2.00 bits per heavy atom. The third-order valence-electron chi connectivity index (χ3n) is 9.45. The van der Waals surface area contributed by atoms with Crippen LogP contribution in [0.5, 0.6) is 0 Å². The molecule has 1 aromatic heterocycles. The molecule has 0 saturated heterocycles. The van der Waals surface area contributed by atoms with Gasteiger partial charge < -0.3 is 9.47 Å². The molecule has 0 aliphatic heterocycles. The highest BCUT2D eigenvalue weighted by Crippen LogP contribution is 2.43. The van der Waals surface area contributed by atoms with E-state index in [1.54, 1.807) is 0 Å². The first-order valence-electron chi connectivity index (χ1n) is 16.1. The van der Waals surface area contributed by atoms with Crippen molar-refractivity contribution in [1.29, 1.82) is 0 Å². The molecule has 0 amide bonds. The van der Waals surface area contributed by atoms with E-state index in [1.807, 2.05) is 0 Å². The van der Waals surface area contributed by atoms with E-state index in [9.17, 15) is 0 Å². The normalized spacial score (nSPS) is 14.7. The Hall–Kier alpha value is -5.86. The maximum atomic E-state index is 2.52. The number of aromatic nitrogens is 1. The van der Waals surface area contributed by atoms with Crippen molar-refractivity contribution in [1.82, 2.24) is 4.57 Å². The van der Waals surface area contributed by atoms with Gasteiger partial charge in [-0.3, -0.25) is 0 Å². The maximum Gasteiger partial charge on any atom is 0.0566 e. The van der Waals surface area contributed by atoms with Gasteiger partial charge >= 0.3 is 0 Å². The van der Waals surface area contributed by atoms with E-state index in [2.05, 4.69) is 185 Å². The zero-order chi connectivity index (χ0) is 30.5. The number of rotatable bonds is 5. The molecule has 1 atom stereocenters. The number of para-hydroxylation sites is 2. The summed E-state index contributed by atoms with van der Waals surface area (Å²) in [6, 6.07) is 57.2. The van der Waals surface area contributed by atoms with Crippen molar-refractivity contribution in [2.24, 2.45) is 0 Å². The summed E-state index contributed by atoms with van der Waals surface area (Å²) in [4.78, 5) is 2.52. The van der Waals surface area contributed by atoms with Gasteiger partial charge in [0.05, 0.1) is 17.1 Å². The standard InChI is InChI=1S/C44H32N2/c1-3-18-34(19-4-1)45(40-26-12-16-31-14-7-9-23-37(31)40)36-22-11-17-33(30-36)39-25-13-27-41-44(39)43-38-24-10-8-15-32(38)28-29-42(43)46(41)35-20-5-2-6-21-35/h1-21,23-30,36H,22H2. The van der Waals surface area contributed by atoms with Gasteiger partial charge in [-0.25, -0.2) is 0 Å². The Morgan fingerprint density at radius 1 is 0.522 bits per heavy atom. The van der Waals surface area contributed by atoms with E-state index in [-0.39, 0.29) is 6.04 Å². The third kappa shape index (κ3) is 4.26. The lowest BCUT2D eigenvalue weighted by Crippen LogP contribution is -2.30. The van der Waals surface area contributed by atoms with Crippen LogP contribution in [0.15, 0.2) is 176 Å². The number of fused-ring (bicyclic) bond motifs is 6. The van der Waals surface area contributed by atoms with Crippen molar-refractivity contribution in [3.8, 4) is 5.69 Å². The fourth-order valence-electron chi connectivity index (χ4n) is 7.46. The molecule has 1 aliphatic carbocycles. The summed E-state index contributed by atoms with van der Waals surface area (Å²) in [5.41, 5.74) is 8.56. The molecule has 2 nitrogen and oxygen atoms in total. The van der Waals surface area contributed by atoms with Gasteiger partial charge in [-0.2, -0.15) is 0 Å². The number of hydrogen-bond donors (Lipinski definition) is 0. The monoisotopic (exact) mass is 588 g/mol. The van der Waals surface area contributed by atoms with Gasteiger partial charge in [0.15, 0.2) is 0 Å². The van der Waals surface area contributed by atoms with Crippen LogP contribution >= 0.6 is 0 Å². The number of hydrogen-bond acceptors (Lipinski definition) is 1. The molecule has 2 heteroatoms. The first-order valence-corrected chi connectivity index (χ1v) is 16.1. The predicted octanol–water partition coefficient (Wildman–Crippen LogP) is 11.6. The highest BCUT2D eigenvalue weighted by Gasteiger charge is 2.24. The van der Waals surface area contributed by atoms with Gasteiger partial charge in [-0.1, -0.05) is 133 Å². The molecule has 218 valence electrons. The van der Waals surface area contributed by atoms with E-state index in [0.29, 0.717) is 0 Å². The van der Waals surface area contributed by atoms with Crippen molar-refractivity contribution in [3.05, 3.63) is 182 Å². The number of benzene rings is 7. The predicted molar refractivity (Wildman–Crippen MR) is 196 cm³/mol. The Balaban J connectivity index is 1.30. The molecule has 9 rings (SSSR count). The SMILES string of the molecule is C1=CC(c2cccc3c2c2c4ccccc4ccc2n3-c2ccccc2)=CC(N(c2ccccc2)c2cccc3ccccc23)C1. The molecule has 1 heterocycles. The molecular formula is C44H32N2. The molecule has 0 saturated carbocycles. The summed E-state index contributed by atoms with van der Waals surface area (Å²) in [7, 11) is 0. The zero-order valence-electron chi connectivity index (χ0n) is 25.4. The van der Waals surface area contributed by atoms with Gasteiger partial charge in [0.25, 0.3) is 0 Å². The first-order chi connectivity index (χ1) is 22.8. The highest BCUT2D eigenvalue weighted by atomic mass is 15.2. The van der Waals surface area contributed by atoms with Crippen LogP contribution in [0.4, 0.5) is 11.4 Å². The Morgan fingerprint density at radius 2 is 1.17 bits per heavy atom. The highest BCUT2D eigenvalue weighted by molar-refractivity contribution is 6.24. The summed E-state index contributed by atoms with van der Waals surface area (Å²) in [6.45, 7) is 0. The Bertz CT molecular complexity index is 2440. The smallest absolute Gasteiger partial charge is 0.0566 e. The molecule has 1 unspecified atom stereocenters. The van der Waals surface area contributed by atoms with Gasteiger partial charge in [-0.15, -0.1) is 0 Å². The fraction of sp³-hybridized carbons (Fsp3) is 0.0455. The second kappa shape index (κ2) is 10.9. The molecule has 0 fully saturated rings. The van der Waals surface area contributed by atoms with Crippen LogP contribution in [-0.4, -0.2) is 10.6 Å². The van der Waals surface area contributed by atoms with E-state index >= 15 is 0 Å². The average molecular weight is 589 g/mol. The fourth-order valence-corrected chi connectivity index (χ4v) is 7.46. The second-order valence-electron chi connectivity index (χ2n) is 12.1. The summed E-state index contributed by atoms with van der Waals surface area (Å²) < 4.78 is 2.43. The van der Waals surface area contributed by atoms with Gasteiger partial charge in [0.2, 0.25) is 0 Å². The minimum atomic E-state index is 0.141. The Labute approximate surface area is 268 Å². The van der Waals surface area contributed by atoms with Crippen LogP contribution in [0.2, 0.25) is 0 Å². The average Bonchev–Trinajstić information content (AvgIpc) is 3.48. The van der Waals surface area contributed by atoms with Crippen LogP contribution in [-0.2, 0) is 0 Å². The first kappa shape index (κ1) is 26.5.